The molecule has 0 radical (unpaired) electrons. The summed E-state index contributed by atoms with van der Waals surface area (Å²) in [5, 5.41) is 6.44. The molecule has 1 saturated heterocycles. The lowest BCUT2D eigenvalue weighted by atomic mass is 9.85. The van der Waals surface area contributed by atoms with Gasteiger partial charge in [-0.15, -0.1) is 0 Å². The van der Waals surface area contributed by atoms with Crippen LogP contribution in [0.3, 0.4) is 0 Å². The van der Waals surface area contributed by atoms with Crippen LogP contribution >= 0.6 is 0 Å². The highest BCUT2D eigenvalue weighted by molar-refractivity contribution is 7.93. The zero-order valence-electron chi connectivity index (χ0n) is 25.7. The fourth-order valence-electron chi connectivity index (χ4n) is 4.65. The Labute approximate surface area is 252 Å². The molecule has 1 fully saturated rings. The monoisotopic (exact) mass is 615 g/mol. The predicted molar refractivity (Wildman–Crippen MR) is 161 cm³/mol. The van der Waals surface area contributed by atoms with Crippen LogP contribution in [-0.2, 0) is 29.0 Å². The molecule has 2 aromatic heterocycles. The summed E-state index contributed by atoms with van der Waals surface area (Å²) in [5.74, 6) is -2.14. The number of esters is 1. The third-order valence-corrected chi connectivity index (χ3v) is 7.26. The average molecular weight is 616 g/mol. The fraction of sp³-hybridized carbons (Fsp3) is 0.533. The van der Waals surface area contributed by atoms with E-state index in [1.165, 1.54) is 17.0 Å². The number of hydrogen-bond acceptors (Lipinski definition) is 9. The summed E-state index contributed by atoms with van der Waals surface area (Å²) >= 11 is 0. The lowest BCUT2D eigenvalue weighted by Crippen LogP contribution is -2.58. The average Bonchev–Trinajstić information content (AvgIpc) is 3.37. The Bertz CT molecular complexity index is 1510. The van der Waals surface area contributed by atoms with Gasteiger partial charge in [-0.3, -0.25) is 24.2 Å². The van der Waals surface area contributed by atoms with Gasteiger partial charge in [-0.2, -0.15) is 0 Å². The van der Waals surface area contributed by atoms with Crippen molar-refractivity contribution in [3.8, 4) is 0 Å². The standard InChI is InChI=1S/C30H41N5O7S/c1-29(2,3)25(34-26(37)22-13-12-20-21(33-22)10-8-15-31-20)28(39)35-16-9-11-23(35)27(38)32-19(14-17-43(7,40)41)18-24(36)42-30(4,5)6/h8,10,12-15,17,19,23,25H,9,11,16,18H2,1-7H3,(H,32,38)(H,34,37)/b17-14+/t19-,23-,25?/m1/s1. The minimum Gasteiger partial charge on any atom is -0.460 e. The van der Waals surface area contributed by atoms with Gasteiger partial charge in [-0.05, 0) is 63.3 Å². The van der Waals surface area contributed by atoms with Gasteiger partial charge in [0.05, 0.1) is 23.5 Å². The molecule has 1 aliphatic heterocycles. The summed E-state index contributed by atoms with van der Waals surface area (Å²) in [6.07, 6.45) is 4.45. The molecule has 2 N–H and O–H groups in total. The van der Waals surface area contributed by atoms with E-state index in [4.69, 9.17) is 4.74 Å². The maximum absolute atomic E-state index is 13.9. The number of carbonyl (C=O) groups excluding carboxylic acids is 4. The van der Waals surface area contributed by atoms with E-state index in [1.807, 2.05) is 20.8 Å². The molecule has 0 aliphatic carbocycles. The van der Waals surface area contributed by atoms with Crippen molar-refractivity contribution in [1.29, 1.82) is 0 Å². The summed E-state index contributed by atoms with van der Waals surface area (Å²) in [7, 11) is -3.54. The molecule has 3 amide bonds. The molecule has 0 aromatic carbocycles. The number of fused-ring (bicyclic) bond motifs is 1. The number of nitrogens with one attached hydrogen (secondary N) is 2. The van der Waals surface area contributed by atoms with Gasteiger partial charge in [0.1, 0.15) is 23.4 Å². The Balaban J connectivity index is 1.79. The van der Waals surface area contributed by atoms with Gasteiger partial charge in [0, 0.05) is 24.4 Å². The van der Waals surface area contributed by atoms with E-state index in [0.29, 0.717) is 23.9 Å². The van der Waals surface area contributed by atoms with Crippen molar-refractivity contribution in [3.05, 3.63) is 47.6 Å². The van der Waals surface area contributed by atoms with Crippen LogP contribution < -0.4 is 10.6 Å². The van der Waals surface area contributed by atoms with Gasteiger partial charge >= 0.3 is 5.97 Å². The second-order valence-corrected chi connectivity index (χ2v) is 14.7. The van der Waals surface area contributed by atoms with E-state index in [2.05, 4.69) is 20.6 Å². The molecule has 1 unspecified atom stereocenters. The maximum Gasteiger partial charge on any atom is 0.308 e. The zero-order chi connectivity index (χ0) is 32.2. The number of aromatic nitrogens is 2. The topological polar surface area (TPSA) is 165 Å². The summed E-state index contributed by atoms with van der Waals surface area (Å²) in [5.41, 5.74) is -0.194. The van der Waals surface area contributed by atoms with Crippen molar-refractivity contribution in [1.82, 2.24) is 25.5 Å². The number of rotatable bonds is 9. The molecule has 3 atom stereocenters. The van der Waals surface area contributed by atoms with Crippen LogP contribution in [0.15, 0.2) is 41.9 Å². The second kappa shape index (κ2) is 13.2. The molecule has 12 nitrogen and oxygen atoms in total. The SMILES string of the molecule is CC(C)(C)OC(=O)C[C@@H](/C=C/S(C)(=O)=O)NC(=O)[C@H]1CCCN1C(=O)C(NC(=O)c1ccc2ncccc2n1)C(C)(C)C. The first-order valence-electron chi connectivity index (χ1n) is 14.1. The lowest BCUT2D eigenvalue weighted by molar-refractivity contribution is -0.155. The molecule has 0 saturated carbocycles. The molecule has 3 rings (SSSR count). The van der Waals surface area contributed by atoms with Crippen LogP contribution in [-0.4, -0.2) is 83.5 Å². The molecule has 1 aliphatic rings. The van der Waals surface area contributed by atoms with E-state index >= 15 is 0 Å². The Hall–Kier alpha value is -3.87. The summed E-state index contributed by atoms with van der Waals surface area (Å²) in [6, 6.07) is 3.82. The molecular formula is C30H41N5O7S. The van der Waals surface area contributed by atoms with Crippen LogP contribution in [0.5, 0.6) is 0 Å². The minimum absolute atomic E-state index is 0.126. The number of carbonyl (C=O) groups is 4. The van der Waals surface area contributed by atoms with Gasteiger partial charge in [-0.1, -0.05) is 26.8 Å². The van der Waals surface area contributed by atoms with Gasteiger partial charge in [0.15, 0.2) is 9.84 Å². The molecule has 13 heteroatoms. The van der Waals surface area contributed by atoms with Crippen LogP contribution in [0.1, 0.15) is 71.3 Å². The summed E-state index contributed by atoms with van der Waals surface area (Å²) < 4.78 is 28.8. The van der Waals surface area contributed by atoms with Crippen LogP contribution in [0, 0.1) is 5.41 Å². The second-order valence-electron chi connectivity index (χ2n) is 12.8. The maximum atomic E-state index is 13.9. The molecule has 234 valence electrons. The molecule has 3 heterocycles. The minimum atomic E-state index is -3.54. The first kappa shape index (κ1) is 33.6. The molecule has 43 heavy (non-hydrogen) atoms. The molecular weight excluding hydrogens is 574 g/mol. The zero-order valence-corrected chi connectivity index (χ0v) is 26.5. The van der Waals surface area contributed by atoms with Gasteiger partial charge in [0.25, 0.3) is 5.91 Å². The van der Waals surface area contributed by atoms with Gasteiger partial charge < -0.3 is 20.3 Å². The van der Waals surface area contributed by atoms with E-state index in [1.54, 1.807) is 45.2 Å². The summed E-state index contributed by atoms with van der Waals surface area (Å²) in [4.78, 5) is 63.1. The summed E-state index contributed by atoms with van der Waals surface area (Å²) in [6.45, 7) is 10.8. The third-order valence-electron chi connectivity index (χ3n) is 6.61. The van der Waals surface area contributed by atoms with Crippen LogP contribution in [0.25, 0.3) is 11.0 Å². The highest BCUT2D eigenvalue weighted by Crippen LogP contribution is 2.26. The number of pyridine rings is 2. The Morgan fingerprint density at radius 2 is 1.77 bits per heavy atom. The van der Waals surface area contributed by atoms with E-state index in [0.717, 1.165) is 11.7 Å². The van der Waals surface area contributed by atoms with Gasteiger partial charge in [-0.25, -0.2) is 13.4 Å². The quantitative estimate of drug-likeness (QED) is 0.403. The fourth-order valence-corrected chi connectivity index (χ4v) is 5.13. The smallest absolute Gasteiger partial charge is 0.308 e. The number of ether oxygens (including phenoxy) is 1. The Morgan fingerprint density at radius 3 is 2.40 bits per heavy atom. The Kier molecular flexibility index (Phi) is 10.3. The molecule has 2 aromatic rings. The number of hydrogen-bond donors (Lipinski definition) is 2. The van der Waals surface area contributed by atoms with Crippen LogP contribution in [0.4, 0.5) is 0 Å². The lowest BCUT2D eigenvalue weighted by Gasteiger charge is -2.35. The highest BCUT2D eigenvalue weighted by atomic mass is 32.2. The van der Waals surface area contributed by atoms with E-state index in [9.17, 15) is 27.6 Å². The van der Waals surface area contributed by atoms with Crippen molar-refractivity contribution in [2.45, 2.75) is 84.5 Å². The highest BCUT2D eigenvalue weighted by Gasteiger charge is 2.42. The van der Waals surface area contributed by atoms with E-state index in [-0.39, 0.29) is 18.7 Å². The van der Waals surface area contributed by atoms with Crippen molar-refractivity contribution in [3.63, 3.8) is 0 Å². The van der Waals surface area contributed by atoms with Crippen molar-refractivity contribution in [2.24, 2.45) is 5.41 Å². The largest absolute Gasteiger partial charge is 0.460 e. The van der Waals surface area contributed by atoms with E-state index < -0.39 is 62.7 Å². The predicted octanol–water partition coefficient (Wildman–Crippen LogP) is 2.54. The number of nitrogens with zero attached hydrogens (tertiary/aromatic N) is 3. The van der Waals surface area contributed by atoms with Gasteiger partial charge in [0.2, 0.25) is 11.8 Å². The Morgan fingerprint density at radius 1 is 1.07 bits per heavy atom. The van der Waals surface area contributed by atoms with Crippen molar-refractivity contribution < 1.29 is 32.3 Å². The number of amides is 3. The first-order chi connectivity index (χ1) is 19.8. The number of sulfone groups is 1. The molecule has 0 spiro atoms. The normalized spacial score (nSPS) is 17.5. The molecule has 0 bridgehead atoms. The van der Waals surface area contributed by atoms with Crippen LogP contribution in [0.2, 0.25) is 0 Å². The van der Waals surface area contributed by atoms with Crippen molar-refractivity contribution in [2.75, 3.05) is 12.8 Å². The first-order valence-corrected chi connectivity index (χ1v) is 16.0. The number of likely N-dealkylation sites (tertiary alicyclic amines) is 1. The third kappa shape index (κ3) is 9.84. The van der Waals surface area contributed by atoms with Crippen molar-refractivity contribution >= 4 is 44.6 Å².